The summed E-state index contributed by atoms with van der Waals surface area (Å²) in [4.78, 5) is 0.302. The van der Waals surface area contributed by atoms with Gasteiger partial charge in [-0.3, -0.25) is 0 Å². The molecule has 0 spiro atoms. The predicted molar refractivity (Wildman–Crippen MR) is 125 cm³/mol. The summed E-state index contributed by atoms with van der Waals surface area (Å²) in [6.45, 7) is 7.86. The molecule has 0 fully saturated rings. The Kier molecular flexibility index (Phi) is 6.03. The van der Waals surface area contributed by atoms with Crippen molar-refractivity contribution in [3.8, 4) is 5.75 Å². The van der Waals surface area contributed by atoms with Crippen molar-refractivity contribution in [2.75, 3.05) is 25.5 Å². The fraction of sp³-hybridized carbons (Fsp3) is 0.280. The van der Waals surface area contributed by atoms with E-state index in [0.717, 1.165) is 23.4 Å². The zero-order chi connectivity index (χ0) is 22.0. The van der Waals surface area contributed by atoms with E-state index in [0.29, 0.717) is 10.8 Å². The lowest BCUT2D eigenvalue weighted by molar-refractivity contribution is 0.406. The summed E-state index contributed by atoms with van der Waals surface area (Å²) in [7, 11) is -1.97. The first-order valence-corrected chi connectivity index (χ1v) is 11.9. The molecule has 2 aromatic rings. The van der Waals surface area contributed by atoms with E-state index in [-0.39, 0.29) is 25.0 Å². The number of sulfonamides is 1. The first-order chi connectivity index (χ1) is 15.0. The van der Waals surface area contributed by atoms with Crippen molar-refractivity contribution in [1.29, 1.82) is 0 Å². The van der Waals surface area contributed by atoms with E-state index in [4.69, 9.17) is 4.74 Å². The van der Waals surface area contributed by atoms with Gasteiger partial charge in [-0.2, -0.15) is 4.31 Å². The molecule has 1 heterocycles. The van der Waals surface area contributed by atoms with Gasteiger partial charge in [0.1, 0.15) is 5.75 Å². The number of hydrogen-bond donors (Lipinski definition) is 1. The molecule has 6 heteroatoms. The molecular formula is C25H28N2O3S. The lowest BCUT2D eigenvalue weighted by atomic mass is 9.77. The lowest BCUT2D eigenvalue weighted by Gasteiger charge is -2.38. The second-order valence-corrected chi connectivity index (χ2v) is 9.84. The predicted octanol–water partition coefficient (Wildman–Crippen LogP) is 4.88. The van der Waals surface area contributed by atoms with Gasteiger partial charge in [0, 0.05) is 24.7 Å². The topological polar surface area (TPSA) is 58.6 Å². The lowest BCUT2D eigenvalue weighted by Crippen LogP contribution is -2.32. The molecule has 3 atom stereocenters. The smallest absolute Gasteiger partial charge is 0.243 e. The van der Waals surface area contributed by atoms with Crippen molar-refractivity contribution in [2.24, 2.45) is 5.92 Å². The standard InChI is InChI=1S/C25H28N2O3S/c1-4-14-27(15-5-2)31(28,29)20-12-13-24-23(17-20)21-10-7-11-22(21)25(26-24)18-8-6-9-19(16-18)30-3/h4-10,12-13,16-17,21-22,25-26H,1-2,11,14-15H2,3H3. The van der Waals surface area contributed by atoms with Gasteiger partial charge in [-0.15, -0.1) is 13.2 Å². The molecule has 0 bridgehead atoms. The Morgan fingerprint density at radius 1 is 1.16 bits per heavy atom. The highest BCUT2D eigenvalue weighted by molar-refractivity contribution is 7.89. The molecule has 162 valence electrons. The highest BCUT2D eigenvalue weighted by Gasteiger charge is 2.38. The summed E-state index contributed by atoms with van der Waals surface area (Å²) in [6.07, 6.45) is 8.53. The first-order valence-electron chi connectivity index (χ1n) is 10.4. The van der Waals surface area contributed by atoms with Gasteiger partial charge in [-0.25, -0.2) is 8.42 Å². The van der Waals surface area contributed by atoms with E-state index >= 15 is 0 Å². The second-order valence-electron chi connectivity index (χ2n) is 7.90. The summed E-state index contributed by atoms with van der Waals surface area (Å²) in [5, 5.41) is 3.66. The van der Waals surface area contributed by atoms with Gasteiger partial charge >= 0.3 is 0 Å². The second kappa shape index (κ2) is 8.73. The number of nitrogens with one attached hydrogen (secondary N) is 1. The average Bonchev–Trinajstić information content (AvgIpc) is 3.28. The highest BCUT2D eigenvalue weighted by atomic mass is 32.2. The maximum atomic E-state index is 13.2. The zero-order valence-corrected chi connectivity index (χ0v) is 18.5. The van der Waals surface area contributed by atoms with Crippen LogP contribution in [0.15, 0.2) is 84.8 Å². The van der Waals surface area contributed by atoms with Crippen molar-refractivity contribution in [2.45, 2.75) is 23.3 Å². The van der Waals surface area contributed by atoms with Gasteiger partial charge in [0.05, 0.1) is 18.0 Å². The monoisotopic (exact) mass is 436 g/mol. The van der Waals surface area contributed by atoms with Crippen molar-refractivity contribution < 1.29 is 13.2 Å². The fourth-order valence-electron chi connectivity index (χ4n) is 4.61. The van der Waals surface area contributed by atoms with Crippen LogP contribution in [-0.2, 0) is 10.0 Å². The normalized spacial score (nSPS) is 21.8. The number of fused-ring (bicyclic) bond motifs is 3. The van der Waals surface area contributed by atoms with Crippen LogP contribution >= 0.6 is 0 Å². The molecule has 0 amide bonds. The van der Waals surface area contributed by atoms with Crippen molar-refractivity contribution in [1.82, 2.24) is 4.31 Å². The highest BCUT2D eigenvalue weighted by Crippen LogP contribution is 2.50. The van der Waals surface area contributed by atoms with Gasteiger partial charge in [0.2, 0.25) is 10.0 Å². The molecule has 0 radical (unpaired) electrons. The molecule has 3 unspecified atom stereocenters. The Balaban J connectivity index is 1.72. The van der Waals surface area contributed by atoms with Crippen LogP contribution in [-0.4, -0.2) is 32.9 Å². The molecule has 2 aliphatic rings. The molecule has 1 aliphatic carbocycles. The summed E-state index contributed by atoms with van der Waals surface area (Å²) in [5.74, 6) is 1.31. The van der Waals surface area contributed by atoms with E-state index in [1.807, 2.05) is 24.3 Å². The first kappa shape index (κ1) is 21.4. The Morgan fingerprint density at radius 2 is 1.94 bits per heavy atom. The van der Waals surface area contributed by atoms with E-state index in [1.165, 1.54) is 9.87 Å². The van der Waals surface area contributed by atoms with Crippen molar-refractivity contribution in [3.05, 3.63) is 91.1 Å². The number of anilines is 1. The maximum Gasteiger partial charge on any atom is 0.243 e. The number of rotatable bonds is 8. The van der Waals surface area contributed by atoms with Crippen molar-refractivity contribution >= 4 is 15.7 Å². The molecule has 5 nitrogen and oxygen atoms in total. The molecule has 0 aromatic heterocycles. The Hall–Kier alpha value is -2.83. The SMILES string of the molecule is C=CCN(CC=C)S(=O)(=O)c1ccc2c(c1)C1C=CCC1C(c1cccc(OC)c1)N2. The molecule has 2 aromatic carbocycles. The van der Waals surface area contributed by atoms with Crippen LogP contribution in [0.25, 0.3) is 0 Å². The minimum absolute atomic E-state index is 0.128. The average molecular weight is 437 g/mol. The Labute approximate surface area is 184 Å². The zero-order valence-electron chi connectivity index (χ0n) is 17.7. The number of allylic oxidation sites excluding steroid dienone is 2. The van der Waals surface area contributed by atoms with Gasteiger partial charge < -0.3 is 10.1 Å². The number of ether oxygens (including phenoxy) is 1. The van der Waals surface area contributed by atoms with Crippen LogP contribution in [0, 0.1) is 5.92 Å². The van der Waals surface area contributed by atoms with Gasteiger partial charge in [-0.05, 0) is 53.8 Å². The quantitative estimate of drug-likeness (QED) is 0.599. The van der Waals surface area contributed by atoms with E-state index in [2.05, 4.69) is 42.8 Å². The van der Waals surface area contributed by atoms with Gasteiger partial charge in [0.25, 0.3) is 0 Å². The van der Waals surface area contributed by atoms with Gasteiger partial charge in [-0.1, -0.05) is 36.4 Å². The van der Waals surface area contributed by atoms with E-state index < -0.39 is 10.0 Å². The van der Waals surface area contributed by atoms with Gasteiger partial charge in [0.15, 0.2) is 0 Å². The molecule has 0 saturated carbocycles. The number of hydrogen-bond acceptors (Lipinski definition) is 4. The Morgan fingerprint density at radius 3 is 2.65 bits per heavy atom. The summed E-state index contributed by atoms with van der Waals surface area (Å²) in [6, 6.07) is 13.7. The molecule has 1 aliphatic heterocycles. The summed E-state index contributed by atoms with van der Waals surface area (Å²) in [5.41, 5.74) is 3.17. The number of nitrogens with zero attached hydrogens (tertiary/aromatic N) is 1. The third-order valence-electron chi connectivity index (χ3n) is 6.09. The van der Waals surface area contributed by atoms with E-state index in [1.54, 1.807) is 25.3 Å². The number of methoxy groups -OCH3 is 1. The van der Waals surface area contributed by atoms with Crippen LogP contribution in [0.2, 0.25) is 0 Å². The molecule has 0 saturated heterocycles. The summed E-state index contributed by atoms with van der Waals surface area (Å²) < 4.78 is 33.2. The van der Waals surface area contributed by atoms with Crippen molar-refractivity contribution in [3.63, 3.8) is 0 Å². The fourth-order valence-corrected chi connectivity index (χ4v) is 6.02. The number of benzene rings is 2. The minimum atomic E-state index is -3.64. The maximum absolute atomic E-state index is 13.2. The molecule has 31 heavy (non-hydrogen) atoms. The molecule has 1 N–H and O–H groups in total. The molecule has 4 rings (SSSR count). The Bertz CT molecular complexity index is 1110. The van der Waals surface area contributed by atoms with Crippen LogP contribution < -0.4 is 10.1 Å². The van der Waals surface area contributed by atoms with Crippen LogP contribution in [0.4, 0.5) is 5.69 Å². The van der Waals surface area contributed by atoms with Crippen LogP contribution in [0.5, 0.6) is 5.75 Å². The molecular weight excluding hydrogens is 408 g/mol. The third-order valence-corrected chi connectivity index (χ3v) is 7.92. The van der Waals surface area contributed by atoms with E-state index in [9.17, 15) is 8.42 Å². The minimum Gasteiger partial charge on any atom is -0.497 e. The van der Waals surface area contributed by atoms with Crippen LogP contribution in [0.3, 0.4) is 0 Å². The summed E-state index contributed by atoms with van der Waals surface area (Å²) >= 11 is 0. The largest absolute Gasteiger partial charge is 0.497 e. The third kappa shape index (κ3) is 3.93. The van der Waals surface area contributed by atoms with Crippen LogP contribution in [0.1, 0.15) is 29.5 Å².